The normalized spacial score (nSPS) is 11.6. The smallest absolute Gasteiger partial charge is 0.322 e. The number of halogens is 4. The number of aromatic nitrogens is 4. The Morgan fingerprint density at radius 3 is 2.67 bits per heavy atom. The van der Waals surface area contributed by atoms with Gasteiger partial charge >= 0.3 is 6.18 Å². The van der Waals surface area contributed by atoms with Crippen LogP contribution in [0.4, 0.5) is 23.2 Å². The number of hydrogen-bond acceptors (Lipinski definition) is 3. The van der Waals surface area contributed by atoms with E-state index in [9.17, 15) is 22.4 Å². The maximum absolute atomic E-state index is 13.7. The summed E-state index contributed by atoms with van der Waals surface area (Å²) in [6, 6.07) is 7.11. The van der Waals surface area contributed by atoms with Crippen molar-refractivity contribution in [3.63, 3.8) is 0 Å². The Bertz CT molecular complexity index is 960. The monoisotopic (exact) mass is 381 g/mol. The molecule has 2 aromatic heterocycles. The van der Waals surface area contributed by atoms with Gasteiger partial charge in [-0.15, -0.1) is 0 Å². The number of benzene rings is 1. The van der Waals surface area contributed by atoms with Crippen molar-refractivity contribution in [2.45, 2.75) is 26.2 Å². The molecule has 1 N–H and O–H groups in total. The highest BCUT2D eigenvalue weighted by Gasteiger charge is 2.34. The molecule has 1 aromatic carbocycles. The predicted octanol–water partition coefficient (Wildman–Crippen LogP) is 3.23. The molecule has 6 nitrogen and oxygen atoms in total. The van der Waals surface area contributed by atoms with Gasteiger partial charge in [-0.3, -0.25) is 14.2 Å². The van der Waals surface area contributed by atoms with Gasteiger partial charge in [0.2, 0.25) is 5.91 Å². The average Bonchev–Trinajstić information content (AvgIpc) is 3.16. The van der Waals surface area contributed by atoms with E-state index in [1.807, 2.05) is 0 Å². The number of carbonyl (C=O) groups excluding carboxylic acids is 1. The van der Waals surface area contributed by atoms with Crippen LogP contribution in [-0.4, -0.2) is 25.5 Å². The number of hydrogen-bond donors (Lipinski definition) is 1. The van der Waals surface area contributed by atoms with Gasteiger partial charge in [0.15, 0.2) is 5.69 Å². The van der Waals surface area contributed by atoms with Gasteiger partial charge in [0, 0.05) is 17.5 Å². The lowest BCUT2D eigenvalue weighted by atomic mass is 10.2. The molecule has 3 rings (SSSR count). The minimum Gasteiger partial charge on any atom is -0.322 e. The lowest BCUT2D eigenvalue weighted by Crippen LogP contribution is -2.20. The summed E-state index contributed by atoms with van der Waals surface area (Å²) in [4.78, 5) is 12.1. The Kier molecular flexibility index (Phi) is 4.98. The largest absolute Gasteiger partial charge is 0.435 e. The van der Waals surface area contributed by atoms with Crippen molar-refractivity contribution in [1.29, 1.82) is 0 Å². The third-order valence-electron chi connectivity index (χ3n) is 3.77. The van der Waals surface area contributed by atoms with Gasteiger partial charge in [-0.2, -0.15) is 23.4 Å². The first-order valence-corrected chi connectivity index (χ1v) is 7.90. The lowest BCUT2D eigenvalue weighted by Gasteiger charge is -2.05. The summed E-state index contributed by atoms with van der Waals surface area (Å²) in [6.45, 7) is 1.23. The number of carbonyl (C=O) groups is 1. The van der Waals surface area contributed by atoms with Crippen molar-refractivity contribution in [3.05, 3.63) is 65.5 Å². The van der Waals surface area contributed by atoms with Crippen LogP contribution in [-0.2, 0) is 24.1 Å². The Balaban J connectivity index is 1.63. The molecule has 0 fully saturated rings. The lowest BCUT2D eigenvalue weighted by molar-refractivity contribution is -0.141. The Morgan fingerprint density at radius 1 is 1.26 bits per heavy atom. The third kappa shape index (κ3) is 4.52. The summed E-state index contributed by atoms with van der Waals surface area (Å²) in [5.41, 5.74) is -0.0549. The second kappa shape index (κ2) is 7.22. The van der Waals surface area contributed by atoms with Gasteiger partial charge < -0.3 is 5.32 Å². The topological polar surface area (TPSA) is 64.7 Å². The second-order valence-corrected chi connectivity index (χ2v) is 5.89. The van der Waals surface area contributed by atoms with Crippen LogP contribution in [0.3, 0.4) is 0 Å². The van der Waals surface area contributed by atoms with Crippen LogP contribution >= 0.6 is 0 Å². The molecule has 0 radical (unpaired) electrons. The average molecular weight is 381 g/mol. The first kappa shape index (κ1) is 18.6. The number of nitrogens with one attached hydrogen (secondary N) is 1. The van der Waals surface area contributed by atoms with Crippen molar-refractivity contribution in [3.8, 4) is 0 Å². The third-order valence-corrected chi connectivity index (χ3v) is 3.77. The summed E-state index contributed by atoms with van der Waals surface area (Å²) in [5.74, 6) is -0.923. The van der Waals surface area contributed by atoms with E-state index in [0.717, 1.165) is 10.7 Å². The van der Waals surface area contributed by atoms with Gasteiger partial charge in [0.05, 0.1) is 18.4 Å². The maximum Gasteiger partial charge on any atom is 0.435 e. The minimum atomic E-state index is -4.57. The Morgan fingerprint density at radius 2 is 2.00 bits per heavy atom. The van der Waals surface area contributed by atoms with Crippen LogP contribution in [0.5, 0.6) is 0 Å². The molecule has 142 valence electrons. The molecule has 27 heavy (non-hydrogen) atoms. The van der Waals surface area contributed by atoms with Crippen LogP contribution < -0.4 is 5.32 Å². The van der Waals surface area contributed by atoms with E-state index in [1.54, 1.807) is 18.2 Å². The standard InChI is InChI=1S/C17H15F4N5O/c1-11-6-15(17(19,20)21)24-26(11)10-16(27)23-13-7-22-25(9-13)8-12-4-2-3-5-14(12)18/h2-7,9H,8,10H2,1H3,(H,23,27). The molecule has 10 heteroatoms. The van der Waals surface area contributed by atoms with E-state index in [-0.39, 0.29) is 24.6 Å². The fourth-order valence-electron chi connectivity index (χ4n) is 2.46. The number of amides is 1. The first-order chi connectivity index (χ1) is 12.7. The molecule has 0 aliphatic rings. The molecule has 0 spiro atoms. The number of aryl methyl sites for hydroxylation is 1. The maximum atomic E-state index is 13.7. The Hall–Kier alpha value is -3.17. The zero-order valence-electron chi connectivity index (χ0n) is 14.2. The van der Waals surface area contributed by atoms with E-state index in [1.165, 1.54) is 30.1 Å². The summed E-state index contributed by atoms with van der Waals surface area (Å²) in [7, 11) is 0. The molecule has 0 aliphatic heterocycles. The molecule has 0 aliphatic carbocycles. The molecule has 1 amide bonds. The van der Waals surface area contributed by atoms with Crippen LogP contribution in [0.15, 0.2) is 42.7 Å². The number of anilines is 1. The van der Waals surface area contributed by atoms with Crippen LogP contribution in [0.1, 0.15) is 17.0 Å². The van der Waals surface area contributed by atoms with Gasteiger partial charge in [-0.05, 0) is 19.1 Å². The molecule has 0 saturated carbocycles. The number of alkyl halides is 3. The molecule has 3 aromatic rings. The molecule has 0 atom stereocenters. The second-order valence-electron chi connectivity index (χ2n) is 5.89. The van der Waals surface area contributed by atoms with Crippen LogP contribution in [0.2, 0.25) is 0 Å². The number of rotatable bonds is 5. The van der Waals surface area contributed by atoms with Gasteiger partial charge in [-0.1, -0.05) is 18.2 Å². The van der Waals surface area contributed by atoms with E-state index in [2.05, 4.69) is 15.5 Å². The van der Waals surface area contributed by atoms with Gasteiger partial charge in [0.1, 0.15) is 12.4 Å². The molecular formula is C17H15F4N5O. The minimum absolute atomic E-state index is 0.176. The van der Waals surface area contributed by atoms with Crippen molar-refractivity contribution >= 4 is 11.6 Å². The molecule has 0 unspecified atom stereocenters. The number of nitrogens with zero attached hydrogens (tertiary/aromatic N) is 4. The highest BCUT2D eigenvalue weighted by atomic mass is 19.4. The summed E-state index contributed by atoms with van der Waals surface area (Å²) in [5, 5.41) is 9.96. The van der Waals surface area contributed by atoms with Crippen LogP contribution in [0, 0.1) is 12.7 Å². The van der Waals surface area contributed by atoms with E-state index < -0.39 is 17.8 Å². The van der Waals surface area contributed by atoms with Crippen molar-refractivity contribution in [2.75, 3.05) is 5.32 Å². The summed E-state index contributed by atoms with van der Waals surface area (Å²) < 4.78 is 54.1. The summed E-state index contributed by atoms with van der Waals surface area (Å²) in [6.07, 6.45) is -1.70. The SMILES string of the molecule is Cc1cc(C(F)(F)F)nn1CC(=O)Nc1cnn(Cc2ccccc2F)c1. The van der Waals surface area contributed by atoms with E-state index >= 15 is 0 Å². The van der Waals surface area contributed by atoms with Gasteiger partial charge in [-0.25, -0.2) is 4.39 Å². The molecular weight excluding hydrogens is 366 g/mol. The predicted molar refractivity (Wildman–Crippen MR) is 88.3 cm³/mol. The molecule has 0 saturated heterocycles. The zero-order chi connectivity index (χ0) is 19.6. The molecule has 2 heterocycles. The fourth-order valence-corrected chi connectivity index (χ4v) is 2.46. The summed E-state index contributed by atoms with van der Waals surface area (Å²) >= 11 is 0. The zero-order valence-corrected chi connectivity index (χ0v) is 14.2. The Labute approximate surface area is 151 Å². The van der Waals surface area contributed by atoms with Crippen molar-refractivity contribution < 1.29 is 22.4 Å². The molecule has 0 bridgehead atoms. The fraction of sp³-hybridized carbons (Fsp3) is 0.235. The van der Waals surface area contributed by atoms with Crippen molar-refractivity contribution in [1.82, 2.24) is 19.6 Å². The highest BCUT2D eigenvalue weighted by molar-refractivity contribution is 5.90. The van der Waals surface area contributed by atoms with Crippen LogP contribution in [0.25, 0.3) is 0 Å². The van der Waals surface area contributed by atoms with Crippen molar-refractivity contribution in [2.24, 2.45) is 0 Å². The highest BCUT2D eigenvalue weighted by Crippen LogP contribution is 2.28. The van der Waals surface area contributed by atoms with E-state index in [4.69, 9.17) is 0 Å². The first-order valence-electron chi connectivity index (χ1n) is 7.90. The van der Waals surface area contributed by atoms with E-state index in [0.29, 0.717) is 11.3 Å². The van der Waals surface area contributed by atoms with Gasteiger partial charge in [0.25, 0.3) is 0 Å². The quantitative estimate of drug-likeness (QED) is 0.690.